The molecule has 2 heterocycles. The van der Waals surface area contributed by atoms with E-state index in [1.807, 2.05) is 44.4 Å². The lowest BCUT2D eigenvalue weighted by Gasteiger charge is -2.36. The molecule has 0 amide bonds. The third-order valence-corrected chi connectivity index (χ3v) is 4.97. The SMILES string of the molecule is CN(C)c1nc(N2CCN(c3cccc(Cl)c3)CC2)nc2ccccc12. The van der Waals surface area contributed by atoms with E-state index >= 15 is 0 Å². The molecule has 2 aromatic carbocycles. The van der Waals surface area contributed by atoms with Crippen molar-refractivity contribution in [2.24, 2.45) is 0 Å². The first-order valence-electron chi connectivity index (χ1n) is 8.81. The number of hydrogen-bond donors (Lipinski definition) is 0. The van der Waals surface area contributed by atoms with Gasteiger partial charge in [-0.3, -0.25) is 0 Å². The fraction of sp³-hybridized carbons (Fsp3) is 0.300. The predicted octanol–water partition coefficient (Wildman–Crippen LogP) is 3.68. The van der Waals surface area contributed by atoms with Crippen LogP contribution in [0.5, 0.6) is 0 Å². The van der Waals surface area contributed by atoms with E-state index < -0.39 is 0 Å². The highest BCUT2D eigenvalue weighted by Crippen LogP contribution is 2.27. The Morgan fingerprint density at radius 3 is 2.35 bits per heavy atom. The average Bonchev–Trinajstić information content (AvgIpc) is 2.67. The second-order valence-electron chi connectivity index (χ2n) is 6.71. The molecule has 4 rings (SSSR count). The summed E-state index contributed by atoms with van der Waals surface area (Å²) in [4.78, 5) is 16.3. The summed E-state index contributed by atoms with van der Waals surface area (Å²) in [5.41, 5.74) is 2.16. The van der Waals surface area contributed by atoms with Gasteiger partial charge in [0.05, 0.1) is 5.52 Å². The minimum Gasteiger partial charge on any atom is -0.368 e. The molecular formula is C20H22ClN5. The van der Waals surface area contributed by atoms with Gasteiger partial charge in [-0.25, -0.2) is 4.98 Å². The van der Waals surface area contributed by atoms with E-state index in [2.05, 4.69) is 32.9 Å². The molecule has 1 saturated heterocycles. The minimum atomic E-state index is 0.776. The maximum Gasteiger partial charge on any atom is 0.228 e. The van der Waals surface area contributed by atoms with Crippen LogP contribution < -0.4 is 14.7 Å². The summed E-state index contributed by atoms with van der Waals surface area (Å²) in [6, 6.07) is 16.2. The van der Waals surface area contributed by atoms with E-state index in [1.165, 1.54) is 5.69 Å². The first kappa shape index (κ1) is 16.9. The van der Waals surface area contributed by atoms with Gasteiger partial charge in [0.1, 0.15) is 5.82 Å². The molecule has 0 aliphatic carbocycles. The van der Waals surface area contributed by atoms with Crippen molar-refractivity contribution in [3.63, 3.8) is 0 Å². The maximum absolute atomic E-state index is 6.13. The number of benzene rings is 2. The summed E-state index contributed by atoms with van der Waals surface area (Å²) in [5.74, 6) is 1.76. The number of anilines is 3. The van der Waals surface area contributed by atoms with Gasteiger partial charge in [0.25, 0.3) is 0 Å². The van der Waals surface area contributed by atoms with E-state index in [-0.39, 0.29) is 0 Å². The van der Waals surface area contributed by atoms with E-state index in [9.17, 15) is 0 Å². The summed E-state index contributed by atoms with van der Waals surface area (Å²) in [6.45, 7) is 3.62. The molecule has 26 heavy (non-hydrogen) atoms. The van der Waals surface area contributed by atoms with E-state index in [0.29, 0.717) is 0 Å². The third-order valence-electron chi connectivity index (χ3n) is 4.73. The molecule has 0 atom stereocenters. The highest BCUT2D eigenvalue weighted by Gasteiger charge is 2.21. The number of para-hydroxylation sites is 1. The Balaban J connectivity index is 1.58. The van der Waals surface area contributed by atoms with Crippen LogP contribution >= 0.6 is 11.6 Å². The molecule has 1 aliphatic heterocycles. The van der Waals surface area contributed by atoms with Gasteiger partial charge >= 0.3 is 0 Å². The fourth-order valence-electron chi connectivity index (χ4n) is 3.37. The number of nitrogens with zero attached hydrogens (tertiary/aromatic N) is 5. The van der Waals surface area contributed by atoms with Gasteiger partial charge in [0, 0.05) is 56.4 Å². The van der Waals surface area contributed by atoms with Crippen LogP contribution in [0.3, 0.4) is 0 Å². The van der Waals surface area contributed by atoms with Gasteiger partial charge in [-0.15, -0.1) is 0 Å². The Labute approximate surface area is 158 Å². The van der Waals surface area contributed by atoms with Gasteiger partial charge in [-0.05, 0) is 30.3 Å². The van der Waals surface area contributed by atoms with Crippen LogP contribution in [0.15, 0.2) is 48.5 Å². The molecule has 1 aliphatic rings. The second-order valence-corrected chi connectivity index (χ2v) is 7.15. The Kier molecular flexibility index (Phi) is 4.55. The number of rotatable bonds is 3. The first-order valence-corrected chi connectivity index (χ1v) is 9.19. The largest absolute Gasteiger partial charge is 0.368 e. The molecule has 0 saturated carbocycles. The van der Waals surface area contributed by atoms with Crippen molar-refractivity contribution < 1.29 is 0 Å². The zero-order chi connectivity index (χ0) is 18.1. The molecule has 1 aromatic heterocycles. The average molecular weight is 368 g/mol. The maximum atomic E-state index is 6.13. The van der Waals surface area contributed by atoms with Crippen molar-refractivity contribution in [3.05, 3.63) is 53.6 Å². The molecule has 0 bridgehead atoms. The van der Waals surface area contributed by atoms with E-state index in [4.69, 9.17) is 21.6 Å². The molecule has 5 nitrogen and oxygen atoms in total. The van der Waals surface area contributed by atoms with Crippen molar-refractivity contribution >= 4 is 40.0 Å². The Morgan fingerprint density at radius 2 is 1.62 bits per heavy atom. The number of fused-ring (bicyclic) bond motifs is 1. The van der Waals surface area contributed by atoms with Crippen LogP contribution in [0, 0.1) is 0 Å². The Hall–Kier alpha value is -2.53. The van der Waals surface area contributed by atoms with E-state index in [0.717, 1.165) is 53.9 Å². The molecular weight excluding hydrogens is 346 g/mol. The molecule has 0 unspecified atom stereocenters. The molecule has 6 heteroatoms. The predicted molar refractivity (Wildman–Crippen MR) is 110 cm³/mol. The van der Waals surface area contributed by atoms with Crippen molar-refractivity contribution in [3.8, 4) is 0 Å². The van der Waals surface area contributed by atoms with Crippen molar-refractivity contribution in [1.82, 2.24) is 9.97 Å². The summed E-state index contributed by atoms with van der Waals surface area (Å²) < 4.78 is 0. The van der Waals surface area contributed by atoms with Gasteiger partial charge in [-0.1, -0.05) is 29.8 Å². The lowest BCUT2D eigenvalue weighted by molar-refractivity contribution is 0.641. The van der Waals surface area contributed by atoms with Crippen LogP contribution in [0.2, 0.25) is 5.02 Å². The summed E-state index contributed by atoms with van der Waals surface area (Å²) >= 11 is 6.13. The molecule has 1 fully saturated rings. The lowest BCUT2D eigenvalue weighted by atomic mass is 10.2. The summed E-state index contributed by atoms with van der Waals surface area (Å²) in [5, 5.41) is 1.86. The van der Waals surface area contributed by atoms with Crippen LogP contribution in [0.1, 0.15) is 0 Å². The van der Waals surface area contributed by atoms with Crippen molar-refractivity contribution in [2.45, 2.75) is 0 Å². The number of halogens is 1. The van der Waals surface area contributed by atoms with Crippen molar-refractivity contribution in [1.29, 1.82) is 0 Å². The van der Waals surface area contributed by atoms with Crippen LogP contribution in [-0.4, -0.2) is 50.2 Å². The zero-order valence-corrected chi connectivity index (χ0v) is 15.8. The zero-order valence-electron chi connectivity index (χ0n) is 15.1. The number of hydrogen-bond acceptors (Lipinski definition) is 5. The number of piperazine rings is 1. The van der Waals surface area contributed by atoms with Gasteiger partial charge in [-0.2, -0.15) is 4.98 Å². The molecule has 134 valence electrons. The van der Waals surface area contributed by atoms with Gasteiger partial charge in [0.2, 0.25) is 5.95 Å². The fourth-order valence-corrected chi connectivity index (χ4v) is 3.55. The quantitative estimate of drug-likeness (QED) is 0.705. The molecule has 0 N–H and O–H groups in total. The van der Waals surface area contributed by atoms with Crippen LogP contribution in [0.4, 0.5) is 17.5 Å². The normalized spacial score (nSPS) is 14.7. The minimum absolute atomic E-state index is 0.776. The topological polar surface area (TPSA) is 35.5 Å². The van der Waals surface area contributed by atoms with Gasteiger partial charge < -0.3 is 14.7 Å². The second kappa shape index (κ2) is 7.00. The van der Waals surface area contributed by atoms with E-state index in [1.54, 1.807) is 0 Å². The molecule has 3 aromatic rings. The smallest absolute Gasteiger partial charge is 0.228 e. The Bertz CT molecular complexity index is 919. The monoisotopic (exact) mass is 367 g/mol. The van der Waals surface area contributed by atoms with Crippen LogP contribution in [-0.2, 0) is 0 Å². The number of aromatic nitrogens is 2. The third kappa shape index (κ3) is 3.27. The Morgan fingerprint density at radius 1 is 0.885 bits per heavy atom. The summed E-state index contributed by atoms with van der Waals surface area (Å²) in [7, 11) is 4.05. The molecule has 0 radical (unpaired) electrons. The standard InChI is InChI=1S/C20H22ClN5/c1-24(2)19-17-8-3-4-9-18(17)22-20(23-19)26-12-10-25(11-13-26)16-7-5-6-15(21)14-16/h3-9,14H,10-13H2,1-2H3. The van der Waals surface area contributed by atoms with Crippen LogP contribution in [0.25, 0.3) is 10.9 Å². The summed E-state index contributed by atoms with van der Waals surface area (Å²) in [6.07, 6.45) is 0. The highest BCUT2D eigenvalue weighted by atomic mass is 35.5. The first-order chi connectivity index (χ1) is 12.6. The molecule has 0 spiro atoms. The highest BCUT2D eigenvalue weighted by molar-refractivity contribution is 6.30. The lowest BCUT2D eigenvalue weighted by Crippen LogP contribution is -2.47. The van der Waals surface area contributed by atoms with Crippen molar-refractivity contribution in [2.75, 3.05) is 55.0 Å². The van der Waals surface area contributed by atoms with Gasteiger partial charge in [0.15, 0.2) is 0 Å².